The predicted molar refractivity (Wildman–Crippen MR) is 46.7 cm³/mol. The topological polar surface area (TPSA) is 29.5 Å². The van der Waals surface area contributed by atoms with Crippen molar-refractivity contribution >= 4 is 5.97 Å². The van der Waals surface area contributed by atoms with Crippen LogP contribution in [0, 0.1) is 0 Å². The van der Waals surface area contributed by atoms with Crippen molar-refractivity contribution in [1.29, 1.82) is 0 Å². The average Bonchev–Trinajstić information content (AvgIpc) is 2.03. The van der Waals surface area contributed by atoms with Gasteiger partial charge >= 0.3 is 5.97 Å². The Morgan fingerprint density at radius 2 is 2.31 bits per heavy atom. The lowest BCUT2D eigenvalue weighted by Gasteiger charge is -2.34. The fraction of sp³-hybridized carbons (Fsp3) is 0.889. The number of hydrogen-bond acceptors (Lipinski definition) is 3. The standard InChI is InChI=1S/C9H16FNO2/c1-7(13-8(2)12)11-6-4-3-5-9(11)10/h7,9H,3-6H2,1-2H3. The largest absolute Gasteiger partial charge is 0.447 e. The van der Waals surface area contributed by atoms with E-state index in [-0.39, 0.29) is 5.97 Å². The number of halogens is 1. The minimum Gasteiger partial charge on any atom is -0.447 e. The molecule has 0 spiro atoms. The maximum absolute atomic E-state index is 13.3. The molecule has 1 saturated heterocycles. The molecular weight excluding hydrogens is 173 g/mol. The van der Waals surface area contributed by atoms with Crippen LogP contribution in [0.2, 0.25) is 0 Å². The molecule has 1 rings (SSSR count). The second-order valence-electron chi connectivity index (χ2n) is 3.38. The van der Waals surface area contributed by atoms with E-state index in [0.717, 1.165) is 12.8 Å². The fourth-order valence-electron chi connectivity index (χ4n) is 1.63. The Bertz CT molecular complexity index is 186. The van der Waals surface area contributed by atoms with Gasteiger partial charge in [-0.3, -0.25) is 4.79 Å². The molecule has 76 valence electrons. The summed E-state index contributed by atoms with van der Waals surface area (Å²) in [5.74, 6) is -0.356. The minimum atomic E-state index is -0.955. The van der Waals surface area contributed by atoms with Crippen LogP contribution in [0.15, 0.2) is 0 Å². The maximum Gasteiger partial charge on any atom is 0.304 e. The van der Waals surface area contributed by atoms with Crippen LogP contribution in [0.25, 0.3) is 0 Å². The Labute approximate surface area is 77.9 Å². The lowest BCUT2D eigenvalue weighted by atomic mass is 10.1. The zero-order valence-electron chi connectivity index (χ0n) is 8.12. The van der Waals surface area contributed by atoms with Crippen molar-refractivity contribution in [2.24, 2.45) is 0 Å². The molecule has 0 amide bonds. The summed E-state index contributed by atoms with van der Waals surface area (Å²) >= 11 is 0. The third-order valence-electron chi connectivity index (χ3n) is 2.27. The molecule has 1 aliphatic heterocycles. The van der Waals surface area contributed by atoms with Gasteiger partial charge in [-0.25, -0.2) is 9.29 Å². The van der Waals surface area contributed by atoms with Crippen molar-refractivity contribution in [1.82, 2.24) is 4.90 Å². The zero-order valence-corrected chi connectivity index (χ0v) is 8.12. The summed E-state index contributed by atoms with van der Waals surface area (Å²) in [6.07, 6.45) is 1.05. The molecule has 13 heavy (non-hydrogen) atoms. The normalized spacial score (nSPS) is 26.8. The molecule has 2 atom stereocenters. The van der Waals surface area contributed by atoms with Gasteiger partial charge in [0.25, 0.3) is 0 Å². The van der Waals surface area contributed by atoms with Crippen molar-refractivity contribution in [3.8, 4) is 0 Å². The van der Waals surface area contributed by atoms with E-state index in [1.165, 1.54) is 6.92 Å². The van der Waals surface area contributed by atoms with E-state index in [9.17, 15) is 9.18 Å². The third kappa shape index (κ3) is 2.95. The van der Waals surface area contributed by atoms with Crippen LogP contribution in [-0.4, -0.2) is 29.9 Å². The number of carbonyl (C=O) groups is 1. The van der Waals surface area contributed by atoms with Crippen LogP contribution in [0.1, 0.15) is 33.1 Å². The smallest absolute Gasteiger partial charge is 0.304 e. The summed E-state index contributed by atoms with van der Waals surface area (Å²) < 4.78 is 18.2. The van der Waals surface area contributed by atoms with E-state index in [1.54, 1.807) is 11.8 Å². The Hall–Kier alpha value is -0.640. The molecule has 0 aromatic carbocycles. The van der Waals surface area contributed by atoms with Crippen LogP contribution in [0.3, 0.4) is 0 Å². The van der Waals surface area contributed by atoms with E-state index in [4.69, 9.17) is 4.74 Å². The molecule has 2 unspecified atom stereocenters. The Morgan fingerprint density at radius 3 is 2.85 bits per heavy atom. The summed E-state index contributed by atoms with van der Waals surface area (Å²) in [5.41, 5.74) is 0. The second kappa shape index (κ2) is 4.56. The Kier molecular flexibility index (Phi) is 3.66. The van der Waals surface area contributed by atoms with E-state index >= 15 is 0 Å². The van der Waals surface area contributed by atoms with Crippen LogP contribution in [0.4, 0.5) is 4.39 Å². The number of ether oxygens (including phenoxy) is 1. The molecule has 0 aromatic rings. The molecule has 1 heterocycles. The molecule has 0 N–H and O–H groups in total. The summed E-state index contributed by atoms with van der Waals surface area (Å²) in [5, 5.41) is 0. The number of rotatable bonds is 2. The predicted octanol–water partition coefficient (Wildman–Crippen LogP) is 1.68. The lowest BCUT2D eigenvalue weighted by Crippen LogP contribution is -2.44. The SMILES string of the molecule is CC(=O)OC(C)N1CCCCC1F. The number of nitrogens with zero attached hydrogens (tertiary/aromatic N) is 1. The van der Waals surface area contributed by atoms with Gasteiger partial charge in [0.05, 0.1) is 0 Å². The molecule has 4 heteroatoms. The lowest BCUT2D eigenvalue weighted by molar-refractivity contribution is -0.163. The number of esters is 1. The van der Waals surface area contributed by atoms with Crippen LogP contribution >= 0.6 is 0 Å². The number of hydrogen-bond donors (Lipinski definition) is 0. The van der Waals surface area contributed by atoms with Crippen LogP contribution in [0.5, 0.6) is 0 Å². The third-order valence-corrected chi connectivity index (χ3v) is 2.27. The zero-order chi connectivity index (χ0) is 9.84. The summed E-state index contributed by atoms with van der Waals surface area (Å²) in [6.45, 7) is 3.72. The fourth-order valence-corrected chi connectivity index (χ4v) is 1.63. The van der Waals surface area contributed by atoms with Gasteiger partial charge in [0, 0.05) is 13.5 Å². The Balaban J connectivity index is 2.43. The van der Waals surface area contributed by atoms with Gasteiger partial charge in [-0.2, -0.15) is 0 Å². The highest BCUT2D eigenvalue weighted by molar-refractivity contribution is 5.66. The van der Waals surface area contributed by atoms with Crippen molar-refractivity contribution in [2.75, 3.05) is 6.54 Å². The molecule has 0 bridgehead atoms. The first-order valence-corrected chi connectivity index (χ1v) is 4.68. The first-order chi connectivity index (χ1) is 6.11. The van der Waals surface area contributed by atoms with E-state index < -0.39 is 12.5 Å². The van der Waals surface area contributed by atoms with Gasteiger partial charge in [0.2, 0.25) is 0 Å². The molecule has 0 aromatic heterocycles. The Morgan fingerprint density at radius 1 is 1.62 bits per heavy atom. The molecule has 1 fully saturated rings. The van der Waals surface area contributed by atoms with Gasteiger partial charge in [0.15, 0.2) is 12.5 Å². The maximum atomic E-state index is 13.3. The van der Waals surface area contributed by atoms with Crippen LogP contribution in [-0.2, 0) is 9.53 Å². The monoisotopic (exact) mass is 189 g/mol. The van der Waals surface area contributed by atoms with Crippen molar-refractivity contribution in [3.63, 3.8) is 0 Å². The highest BCUT2D eigenvalue weighted by Gasteiger charge is 2.27. The molecule has 0 aliphatic carbocycles. The first-order valence-electron chi connectivity index (χ1n) is 4.68. The molecule has 3 nitrogen and oxygen atoms in total. The van der Waals surface area contributed by atoms with E-state index in [1.807, 2.05) is 0 Å². The number of piperidine rings is 1. The molecule has 0 saturated carbocycles. The average molecular weight is 189 g/mol. The molecular formula is C9H16FNO2. The van der Waals surface area contributed by atoms with Gasteiger partial charge in [-0.1, -0.05) is 0 Å². The number of alkyl halides is 1. The minimum absolute atomic E-state index is 0.356. The van der Waals surface area contributed by atoms with Gasteiger partial charge in [-0.05, 0) is 26.2 Å². The van der Waals surface area contributed by atoms with Crippen molar-refractivity contribution in [2.45, 2.75) is 45.6 Å². The number of carbonyl (C=O) groups excluding carboxylic acids is 1. The first kappa shape index (κ1) is 10.4. The van der Waals surface area contributed by atoms with Gasteiger partial charge < -0.3 is 4.74 Å². The highest BCUT2D eigenvalue weighted by Crippen LogP contribution is 2.20. The van der Waals surface area contributed by atoms with Gasteiger partial charge in [0.1, 0.15) is 0 Å². The van der Waals surface area contributed by atoms with Crippen molar-refractivity contribution < 1.29 is 13.9 Å². The molecule has 0 radical (unpaired) electrons. The summed E-state index contributed by atoms with van der Waals surface area (Å²) in [6, 6.07) is 0. The van der Waals surface area contributed by atoms with Gasteiger partial charge in [-0.15, -0.1) is 0 Å². The van der Waals surface area contributed by atoms with Crippen molar-refractivity contribution in [3.05, 3.63) is 0 Å². The number of likely N-dealkylation sites (tertiary alicyclic amines) is 1. The quantitative estimate of drug-likeness (QED) is 0.489. The second-order valence-corrected chi connectivity index (χ2v) is 3.38. The molecule has 1 aliphatic rings. The highest BCUT2D eigenvalue weighted by atomic mass is 19.1. The van der Waals surface area contributed by atoms with Crippen LogP contribution < -0.4 is 0 Å². The van der Waals surface area contributed by atoms with E-state index in [0.29, 0.717) is 13.0 Å². The summed E-state index contributed by atoms with van der Waals surface area (Å²) in [7, 11) is 0. The van der Waals surface area contributed by atoms with E-state index in [2.05, 4.69) is 0 Å². The summed E-state index contributed by atoms with van der Waals surface area (Å²) in [4.78, 5) is 12.2.